The molecule has 6 nitrogen and oxygen atoms in total. The lowest BCUT2D eigenvalue weighted by atomic mass is 9.85. The first-order valence-electron chi connectivity index (χ1n) is 8.79. The van der Waals surface area contributed by atoms with Gasteiger partial charge in [-0.05, 0) is 44.2 Å². The quantitative estimate of drug-likeness (QED) is 0.846. The van der Waals surface area contributed by atoms with Gasteiger partial charge in [0.15, 0.2) is 0 Å². The highest BCUT2D eigenvalue weighted by atomic mass is 16.2. The molecule has 126 valence electrons. The molecule has 24 heavy (non-hydrogen) atoms. The minimum Gasteiger partial charge on any atom is -0.335 e. The summed E-state index contributed by atoms with van der Waals surface area (Å²) in [6.45, 7) is 2.09. The number of rotatable bonds is 2. The Kier molecular flexibility index (Phi) is 3.82. The first-order valence-corrected chi connectivity index (χ1v) is 8.79. The third-order valence-electron chi connectivity index (χ3n) is 5.55. The SMILES string of the molecule is C[C@@H]1C[C@H]2CCCC[C@@H]2N1C(=O)Cn1nnc2ccccc2c1=O. The number of aromatic nitrogens is 3. The third-order valence-corrected chi connectivity index (χ3v) is 5.55. The van der Waals surface area contributed by atoms with Crippen molar-refractivity contribution in [1.29, 1.82) is 0 Å². The van der Waals surface area contributed by atoms with Crippen molar-refractivity contribution in [2.75, 3.05) is 0 Å². The number of nitrogens with zero attached hydrogens (tertiary/aromatic N) is 4. The largest absolute Gasteiger partial charge is 0.335 e. The van der Waals surface area contributed by atoms with Crippen LogP contribution in [0.15, 0.2) is 29.1 Å². The van der Waals surface area contributed by atoms with Gasteiger partial charge in [0.2, 0.25) is 5.91 Å². The summed E-state index contributed by atoms with van der Waals surface area (Å²) in [4.78, 5) is 27.4. The molecule has 0 N–H and O–H groups in total. The summed E-state index contributed by atoms with van der Waals surface area (Å²) in [6, 6.07) is 7.68. The Balaban J connectivity index is 1.60. The Morgan fingerprint density at radius 2 is 2.04 bits per heavy atom. The van der Waals surface area contributed by atoms with Crippen molar-refractivity contribution >= 4 is 16.8 Å². The van der Waals surface area contributed by atoms with Crippen molar-refractivity contribution in [1.82, 2.24) is 19.9 Å². The number of fused-ring (bicyclic) bond motifs is 2. The van der Waals surface area contributed by atoms with Gasteiger partial charge in [-0.3, -0.25) is 9.59 Å². The molecule has 2 aromatic rings. The minimum atomic E-state index is -0.249. The average molecular weight is 326 g/mol. The van der Waals surface area contributed by atoms with Gasteiger partial charge in [-0.2, -0.15) is 0 Å². The summed E-state index contributed by atoms with van der Waals surface area (Å²) in [5.74, 6) is 0.612. The average Bonchev–Trinajstić information content (AvgIpc) is 2.93. The summed E-state index contributed by atoms with van der Waals surface area (Å²) in [5.41, 5.74) is 0.314. The van der Waals surface area contributed by atoms with Gasteiger partial charge >= 0.3 is 0 Å². The molecule has 4 rings (SSSR count). The van der Waals surface area contributed by atoms with E-state index in [0.717, 1.165) is 12.8 Å². The van der Waals surface area contributed by atoms with Crippen LogP contribution in [0.3, 0.4) is 0 Å². The molecular weight excluding hydrogens is 304 g/mol. The van der Waals surface area contributed by atoms with Crippen molar-refractivity contribution < 1.29 is 4.79 Å². The Morgan fingerprint density at radius 1 is 1.25 bits per heavy atom. The van der Waals surface area contributed by atoms with Crippen LogP contribution in [0.4, 0.5) is 0 Å². The van der Waals surface area contributed by atoms with E-state index in [1.54, 1.807) is 18.2 Å². The summed E-state index contributed by atoms with van der Waals surface area (Å²) in [5, 5.41) is 8.52. The highest BCUT2D eigenvalue weighted by molar-refractivity contribution is 5.79. The van der Waals surface area contributed by atoms with E-state index in [-0.39, 0.29) is 24.1 Å². The fourth-order valence-electron chi connectivity index (χ4n) is 4.48. The van der Waals surface area contributed by atoms with E-state index in [9.17, 15) is 9.59 Å². The third kappa shape index (κ3) is 2.50. The van der Waals surface area contributed by atoms with E-state index in [2.05, 4.69) is 17.2 Å². The van der Waals surface area contributed by atoms with Gasteiger partial charge < -0.3 is 4.90 Å². The van der Waals surface area contributed by atoms with E-state index in [1.807, 2.05) is 11.0 Å². The van der Waals surface area contributed by atoms with E-state index in [1.165, 1.54) is 23.9 Å². The maximum atomic E-state index is 12.9. The number of hydrogen-bond donors (Lipinski definition) is 0. The van der Waals surface area contributed by atoms with E-state index in [4.69, 9.17) is 0 Å². The van der Waals surface area contributed by atoms with Gasteiger partial charge in [0, 0.05) is 12.1 Å². The van der Waals surface area contributed by atoms with Crippen LogP contribution >= 0.6 is 0 Å². The topological polar surface area (TPSA) is 68.1 Å². The molecule has 1 saturated carbocycles. The zero-order chi connectivity index (χ0) is 16.7. The molecule has 0 unspecified atom stereocenters. The van der Waals surface area contributed by atoms with Crippen molar-refractivity contribution in [2.24, 2.45) is 5.92 Å². The number of hydrogen-bond acceptors (Lipinski definition) is 4. The van der Waals surface area contributed by atoms with Crippen LogP contribution in [0.1, 0.15) is 39.0 Å². The molecule has 1 aliphatic carbocycles. The molecule has 2 heterocycles. The fraction of sp³-hybridized carbons (Fsp3) is 0.556. The second kappa shape index (κ2) is 6.00. The maximum Gasteiger partial charge on any atom is 0.278 e. The van der Waals surface area contributed by atoms with Crippen LogP contribution in [0, 0.1) is 5.92 Å². The molecule has 1 saturated heterocycles. The van der Waals surface area contributed by atoms with E-state index < -0.39 is 0 Å². The van der Waals surface area contributed by atoms with Gasteiger partial charge in [-0.25, -0.2) is 4.68 Å². The Bertz CT molecular complexity index is 831. The molecule has 1 aromatic carbocycles. The number of carbonyl (C=O) groups excluding carboxylic acids is 1. The summed E-state index contributed by atoms with van der Waals surface area (Å²) in [7, 11) is 0. The fourth-order valence-corrected chi connectivity index (χ4v) is 4.48. The monoisotopic (exact) mass is 326 g/mol. The van der Waals surface area contributed by atoms with Crippen LogP contribution < -0.4 is 5.56 Å². The van der Waals surface area contributed by atoms with Gasteiger partial charge in [0.1, 0.15) is 12.1 Å². The zero-order valence-corrected chi connectivity index (χ0v) is 13.9. The number of benzene rings is 1. The minimum absolute atomic E-state index is 0.0106. The zero-order valence-electron chi connectivity index (χ0n) is 13.9. The van der Waals surface area contributed by atoms with Gasteiger partial charge in [-0.15, -0.1) is 5.10 Å². The molecule has 2 aliphatic rings. The molecule has 6 heteroatoms. The van der Waals surface area contributed by atoms with Gasteiger partial charge in [0.05, 0.1) is 5.39 Å². The highest BCUT2D eigenvalue weighted by Crippen LogP contribution is 2.39. The summed E-state index contributed by atoms with van der Waals surface area (Å²) in [6.07, 6.45) is 5.83. The smallest absolute Gasteiger partial charge is 0.278 e. The lowest BCUT2D eigenvalue weighted by Crippen LogP contribution is -2.45. The lowest BCUT2D eigenvalue weighted by Gasteiger charge is -2.33. The summed E-state index contributed by atoms with van der Waals surface area (Å²) < 4.78 is 1.20. The van der Waals surface area contributed by atoms with Crippen LogP contribution in [0.5, 0.6) is 0 Å². The van der Waals surface area contributed by atoms with Crippen LogP contribution in [0.25, 0.3) is 10.9 Å². The molecule has 1 aromatic heterocycles. The van der Waals surface area contributed by atoms with Crippen LogP contribution in [-0.2, 0) is 11.3 Å². The second-order valence-corrected chi connectivity index (χ2v) is 7.07. The molecule has 2 fully saturated rings. The lowest BCUT2D eigenvalue weighted by molar-refractivity contribution is -0.135. The first-order chi connectivity index (χ1) is 11.6. The predicted octanol–water partition coefficient (Wildman–Crippen LogP) is 1.97. The van der Waals surface area contributed by atoms with Crippen molar-refractivity contribution in [2.45, 2.75) is 57.7 Å². The second-order valence-electron chi connectivity index (χ2n) is 7.07. The van der Waals surface area contributed by atoms with Crippen LogP contribution in [0.2, 0.25) is 0 Å². The number of carbonyl (C=O) groups is 1. The number of amides is 1. The first kappa shape index (κ1) is 15.3. The van der Waals surface area contributed by atoms with E-state index in [0.29, 0.717) is 22.9 Å². The van der Waals surface area contributed by atoms with Crippen molar-refractivity contribution in [3.63, 3.8) is 0 Å². The Labute approximate surface area is 140 Å². The molecule has 3 atom stereocenters. The van der Waals surface area contributed by atoms with Crippen molar-refractivity contribution in [3.8, 4) is 0 Å². The maximum absolute atomic E-state index is 12.9. The van der Waals surface area contributed by atoms with Gasteiger partial charge in [-0.1, -0.05) is 30.2 Å². The molecule has 1 amide bonds. The van der Waals surface area contributed by atoms with E-state index >= 15 is 0 Å². The highest BCUT2D eigenvalue weighted by Gasteiger charge is 2.42. The molecule has 1 aliphatic heterocycles. The van der Waals surface area contributed by atoms with Crippen LogP contribution in [-0.4, -0.2) is 37.9 Å². The Hall–Kier alpha value is -2.24. The molecular formula is C18H22N4O2. The molecule has 0 spiro atoms. The predicted molar refractivity (Wildman–Crippen MR) is 90.5 cm³/mol. The van der Waals surface area contributed by atoms with Crippen molar-refractivity contribution in [3.05, 3.63) is 34.6 Å². The molecule has 0 bridgehead atoms. The normalized spacial score (nSPS) is 26.5. The Morgan fingerprint density at radius 3 is 2.92 bits per heavy atom. The summed E-state index contributed by atoms with van der Waals surface area (Å²) >= 11 is 0. The number of likely N-dealkylation sites (tertiary alicyclic amines) is 1. The standard InChI is InChI=1S/C18H22N4O2/c1-12-10-13-6-2-5-9-16(13)22(12)17(23)11-21-18(24)14-7-3-4-8-15(14)19-20-21/h3-4,7-8,12-13,16H,2,5-6,9-11H2,1H3/t12-,13-,16+/m1/s1. The molecule has 0 radical (unpaired) electrons. The van der Waals surface area contributed by atoms with Gasteiger partial charge in [0.25, 0.3) is 5.56 Å².